The molecule has 3 heteroatoms. The molecular weight excluding hydrogens is 256 g/mol. The third kappa shape index (κ3) is 2.09. The van der Waals surface area contributed by atoms with E-state index in [1.807, 2.05) is 12.1 Å². The molecule has 2 N–H and O–H groups in total. The van der Waals surface area contributed by atoms with Crippen LogP contribution < -0.4 is 5.73 Å². The van der Waals surface area contributed by atoms with Gasteiger partial charge >= 0.3 is 0 Å². The van der Waals surface area contributed by atoms with Crippen molar-refractivity contribution < 1.29 is 0 Å². The average Bonchev–Trinajstić information content (AvgIpc) is 2.68. The number of benzene rings is 1. The lowest BCUT2D eigenvalue weighted by molar-refractivity contribution is 0.559. The van der Waals surface area contributed by atoms with E-state index in [2.05, 4.69) is 30.5 Å². The Labute approximate surface area is 119 Å². The monoisotopic (exact) mass is 274 g/mol. The number of fused-ring (bicyclic) bond motifs is 1. The Bertz CT molecular complexity index is 628. The van der Waals surface area contributed by atoms with Crippen molar-refractivity contribution in [3.63, 3.8) is 0 Å². The van der Waals surface area contributed by atoms with Crippen LogP contribution in [0.4, 0.5) is 0 Å². The number of nitrogens with two attached hydrogens (primary N) is 1. The molecule has 0 bridgehead atoms. The molecule has 0 saturated heterocycles. The second-order valence-corrected chi connectivity index (χ2v) is 5.89. The van der Waals surface area contributed by atoms with Gasteiger partial charge in [0.25, 0.3) is 0 Å². The highest BCUT2D eigenvalue weighted by molar-refractivity contribution is 6.30. The molecule has 0 amide bonds. The van der Waals surface area contributed by atoms with E-state index in [-0.39, 0.29) is 6.04 Å². The second kappa shape index (κ2) is 4.69. The maximum absolute atomic E-state index is 6.23. The molecule has 1 unspecified atom stereocenters. The molecule has 19 heavy (non-hydrogen) atoms. The molecular formula is C16H19ClN2. The summed E-state index contributed by atoms with van der Waals surface area (Å²) in [6.07, 6.45) is 3.37. The average molecular weight is 275 g/mol. The van der Waals surface area contributed by atoms with Gasteiger partial charge in [-0.2, -0.15) is 0 Å². The van der Waals surface area contributed by atoms with Crippen molar-refractivity contribution in [1.82, 2.24) is 4.57 Å². The van der Waals surface area contributed by atoms with Gasteiger partial charge in [0.1, 0.15) is 0 Å². The van der Waals surface area contributed by atoms with E-state index >= 15 is 0 Å². The summed E-state index contributed by atoms with van der Waals surface area (Å²) in [5.74, 6) is 0. The van der Waals surface area contributed by atoms with Gasteiger partial charge in [0.05, 0.1) is 0 Å². The fraction of sp³-hybridized carbons (Fsp3) is 0.375. The van der Waals surface area contributed by atoms with Gasteiger partial charge in [-0.15, -0.1) is 0 Å². The van der Waals surface area contributed by atoms with Crippen molar-refractivity contribution in [3.05, 3.63) is 51.8 Å². The van der Waals surface area contributed by atoms with E-state index in [0.717, 1.165) is 17.9 Å². The minimum Gasteiger partial charge on any atom is -0.324 e. The maximum atomic E-state index is 6.23. The Hall–Kier alpha value is -1.25. The summed E-state index contributed by atoms with van der Waals surface area (Å²) in [5.41, 5.74) is 12.6. The zero-order chi connectivity index (χ0) is 13.6. The van der Waals surface area contributed by atoms with E-state index in [9.17, 15) is 0 Å². The highest BCUT2D eigenvalue weighted by Gasteiger charge is 2.23. The van der Waals surface area contributed by atoms with Crippen molar-refractivity contribution in [2.24, 2.45) is 5.73 Å². The summed E-state index contributed by atoms with van der Waals surface area (Å²) in [6.45, 7) is 4.26. The normalized spacial score (nSPS) is 18.4. The van der Waals surface area contributed by atoms with Gasteiger partial charge in [-0.05, 0) is 68.5 Å². The van der Waals surface area contributed by atoms with E-state index in [0.29, 0.717) is 0 Å². The number of hydrogen-bond donors (Lipinski definition) is 1. The topological polar surface area (TPSA) is 30.9 Å². The molecule has 0 aliphatic heterocycles. The van der Waals surface area contributed by atoms with Crippen LogP contribution in [-0.2, 0) is 6.42 Å². The molecule has 1 aromatic heterocycles. The molecule has 100 valence electrons. The zero-order valence-corrected chi connectivity index (χ0v) is 12.2. The molecule has 3 rings (SSSR count). The number of aryl methyl sites for hydroxylation is 2. The predicted octanol–water partition coefficient (Wildman–Crippen LogP) is 4.08. The van der Waals surface area contributed by atoms with Crippen molar-refractivity contribution in [2.75, 3.05) is 0 Å². The minimum atomic E-state index is 0.191. The maximum Gasteiger partial charge on any atom is 0.0485 e. The summed E-state index contributed by atoms with van der Waals surface area (Å²) in [4.78, 5) is 0. The Kier molecular flexibility index (Phi) is 3.15. The molecule has 2 aromatic rings. The van der Waals surface area contributed by atoms with Gasteiger partial charge < -0.3 is 10.3 Å². The largest absolute Gasteiger partial charge is 0.324 e. The zero-order valence-electron chi connectivity index (χ0n) is 11.4. The third-order valence-corrected chi connectivity index (χ3v) is 4.28. The van der Waals surface area contributed by atoms with E-state index in [1.165, 1.54) is 34.6 Å². The Morgan fingerprint density at radius 1 is 1.26 bits per heavy atom. The molecule has 1 heterocycles. The molecule has 0 fully saturated rings. The standard InChI is InChI=1S/C16H19ClN2/c1-10-8-12(17)6-7-15(10)19-11(2)9-13-14(18)4-3-5-16(13)19/h6-9,14H,3-5,18H2,1-2H3. The van der Waals surface area contributed by atoms with Crippen LogP contribution in [0, 0.1) is 13.8 Å². The summed E-state index contributed by atoms with van der Waals surface area (Å²) >= 11 is 6.06. The first-order valence-electron chi connectivity index (χ1n) is 6.81. The van der Waals surface area contributed by atoms with Crippen LogP contribution in [0.1, 0.15) is 41.4 Å². The molecule has 1 aliphatic rings. The van der Waals surface area contributed by atoms with Crippen LogP contribution in [0.3, 0.4) is 0 Å². The minimum absolute atomic E-state index is 0.191. The van der Waals surface area contributed by atoms with Gasteiger partial charge in [-0.1, -0.05) is 11.6 Å². The summed E-state index contributed by atoms with van der Waals surface area (Å²) in [6, 6.07) is 8.51. The molecule has 1 aromatic carbocycles. The highest BCUT2D eigenvalue weighted by Crippen LogP contribution is 2.33. The quantitative estimate of drug-likeness (QED) is 0.834. The number of aromatic nitrogens is 1. The third-order valence-electron chi connectivity index (χ3n) is 4.05. The number of nitrogens with zero attached hydrogens (tertiary/aromatic N) is 1. The molecule has 2 nitrogen and oxygen atoms in total. The summed E-state index contributed by atoms with van der Waals surface area (Å²) in [5, 5.41) is 0.789. The van der Waals surface area contributed by atoms with Crippen molar-refractivity contribution >= 4 is 11.6 Å². The van der Waals surface area contributed by atoms with Crippen LogP contribution in [0.2, 0.25) is 5.02 Å². The first-order valence-corrected chi connectivity index (χ1v) is 7.19. The van der Waals surface area contributed by atoms with Gasteiger partial charge in [-0.25, -0.2) is 0 Å². The highest BCUT2D eigenvalue weighted by atomic mass is 35.5. The van der Waals surface area contributed by atoms with Crippen LogP contribution in [0.15, 0.2) is 24.3 Å². The van der Waals surface area contributed by atoms with E-state index in [1.54, 1.807) is 0 Å². The van der Waals surface area contributed by atoms with E-state index in [4.69, 9.17) is 17.3 Å². The van der Waals surface area contributed by atoms with Gasteiger partial charge in [-0.3, -0.25) is 0 Å². The summed E-state index contributed by atoms with van der Waals surface area (Å²) < 4.78 is 2.35. The lowest BCUT2D eigenvalue weighted by Crippen LogP contribution is -2.18. The second-order valence-electron chi connectivity index (χ2n) is 5.45. The number of hydrogen-bond acceptors (Lipinski definition) is 1. The van der Waals surface area contributed by atoms with Crippen LogP contribution in [0.5, 0.6) is 0 Å². The predicted molar refractivity (Wildman–Crippen MR) is 80.1 cm³/mol. The fourth-order valence-corrected chi connectivity index (χ4v) is 3.37. The van der Waals surface area contributed by atoms with Gasteiger partial charge in [0.15, 0.2) is 0 Å². The van der Waals surface area contributed by atoms with Crippen LogP contribution >= 0.6 is 11.6 Å². The Morgan fingerprint density at radius 2 is 2.05 bits per heavy atom. The lowest BCUT2D eigenvalue weighted by atomic mass is 9.93. The van der Waals surface area contributed by atoms with Crippen molar-refractivity contribution in [2.45, 2.75) is 39.2 Å². The Morgan fingerprint density at radius 3 is 2.79 bits per heavy atom. The SMILES string of the molecule is Cc1cc(Cl)ccc1-n1c(C)cc2c1CCCC2N. The molecule has 1 aliphatic carbocycles. The molecule has 0 spiro atoms. The van der Waals surface area contributed by atoms with Crippen molar-refractivity contribution in [1.29, 1.82) is 0 Å². The first kappa shape index (κ1) is 12.8. The van der Waals surface area contributed by atoms with Gasteiger partial charge in [0.2, 0.25) is 0 Å². The fourth-order valence-electron chi connectivity index (χ4n) is 3.14. The lowest BCUT2D eigenvalue weighted by Gasteiger charge is -2.22. The number of halogens is 1. The first-order chi connectivity index (χ1) is 9.08. The Balaban J connectivity index is 2.20. The number of rotatable bonds is 1. The molecule has 0 saturated carbocycles. The molecule has 0 radical (unpaired) electrons. The van der Waals surface area contributed by atoms with Crippen LogP contribution in [0.25, 0.3) is 5.69 Å². The van der Waals surface area contributed by atoms with Crippen LogP contribution in [-0.4, -0.2) is 4.57 Å². The molecule has 1 atom stereocenters. The van der Waals surface area contributed by atoms with Gasteiger partial charge in [0, 0.05) is 28.1 Å². The van der Waals surface area contributed by atoms with E-state index < -0.39 is 0 Å². The van der Waals surface area contributed by atoms with Crippen molar-refractivity contribution in [3.8, 4) is 5.69 Å². The summed E-state index contributed by atoms with van der Waals surface area (Å²) in [7, 11) is 0. The smallest absolute Gasteiger partial charge is 0.0485 e.